The van der Waals surface area contributed by atoms with Gasteiger partial charge in [0.1, 0.15) is 5.58 Å². The highest BCUT2D eigenvalue weighted by atomic mass is 32.2. The quantitative estimate of drug-likeness (QED) is 0.561. The van der Waals surface area contributed by atoms with Gasteiger partial charge in [-0.05, 0) is 60.6 Å². The Bertz CT molecular complexity index is 1310. The van der Waals surface area contributed by atoms with Crippen LogP contribution >= 0.6 is 0 Å². The summed E-state index contributed by atoms with van der Waals surface area (Å²) in [7, 11) is -3.65. The van der Waals surface area contributed by atoms with Crippen LogP contribution in [-0.4, -0.2) is 37.5 Å². The monoisotopic (exact) mass is 481 g/mol. The number of aliphatic hydroxyl groups excluding tert-OH is 1. The standard InChI is InChI=1S/C23H22F3NO5S/c24-23(25,26)20-13-22(29)32-21-6-3-17(12-19(20)21)11-15-1-4-18(5-2-15)33(30,31)27-9-7-16(14-28)8-10-27/h1-6,12-13,16,28H,7-11,14H2. The average Bonchev–Trinajstić information content (AvgIpc) is 2.78. The number of benzene rings is 2. The highest BCUT2D eigenvalue weighted by molar-refractivity contribution is 7.89. The van der Waals surface area contributed by atoms with Gasteiger partial charge in [0, 0.05) is 31.1 Å². The van der Waals surface area contributed by atoms with E-state index in [2.05, 4.69) is 0 Å². The van der Waals surface area contributed by atoms with E-state index in [4.69, 9.17) is 4.42 Å². The minimum Gasteiger partial charge on any atom is -0.423 e. The zero-order chi connectivity index (χ0) is 23.8. The molecule has 1 aromatic heterocycles. The van der Waals surface area contributed by atoms with E-state index in [9.17, 15) is 31.5 Å². The normalized spacial score (nSPS) is 16.4. The number of hydrogen-bond donors (Lipinski definition) is 1. The Hall–Kier alpha value is -2.69. The summed E-state index contributed by atoms with van der Waals surface area (Å²) >= 11 is 0. The maximum atomic E-state index is 13.4. The van der Waals surface area contributed by atoms with Crippen molar-refractivity contribution < 1.29 is 31.1 Å². The molecule has 3 aromatic rings. The minimum atomic E-state index is -4.70. The van der Waals surface area contributed by atoms with Crippen molar-refractivity contribution in [2.24, 2.45) is 5.92 Å². The first-order valence-corrected chi connectivity index (χ1v) is 11.9. The topological polar surface area (TPSA) is 87.8 Å². The van der Waals surface area contributed by atoms with Gasteiger partial charge in [0.05, 0.1) is 10.5 Å². The van der Waals surface area contributed by atoms with Crippen molar-refractivity contribution >= 4 is 21.0 Å². The number of sulfonamides is 1. The van der Waals surface area contributed by atoms with E-state index in [1.165, 1.54) is 28.6 Å². The number of piperidine rings is 1. The van der Waals surface area contributed by atoms with Gasteiger partial charge in [-0.1, -0.05) is 18.2 Å². The number of alkyl halides is 3. The molecule has 0 amide bonds. The van der Waals surface area contributed by atoms with Gasteiger partial charge in [-0.3, -0.25) is 0 Å². The molecule has 2 heterocycles. The Morgan fingerprint density at radius 3 is 2.24 bits per heavy atom. The highest BCUT2D eigenvalue weighted by Gasteiger charge is 2.34. The van der Waals surface area contributed by atoms with Crippen LogP contribution in [0.4, 0.5) is 13.2 Å². The smallest absolute Gasteiger partial charge is 0.417 e. The molecule has 2 aromatic carbocycles. The van der Waals surface area contributed by atoms with Gasteiger partial charge in [0.15, 0.2) is 0 Å². The number of rotatable bonds is 5. The van der Waals surface area contributed by atoms with Crippen LogP contribution in [0.3, 0.4) is 0 Å². The van der Waals surface area contributed by atoms with Gasteiger partial charge in [-0.2, -0.15) is 17.5 Å². The van der Waals surface area contributed by atoms with Gasteiger partial charge < -0.3 is 9.52 Å². The molecule has 10 heteroatoms. The first kappa shape index (κ1) is 23.5. The molecule has 33 heavy (non-hydrogen) atoms. The largest absolute Gasteiger partial charge is 0.423 e. The molecule has 0 bridgehead atoms. The SMILES string of the molecule is O=c1cc(C(F)(F)F)c2cc(Cc3ccc(S(=O)(=O)N4CCC(CO)CC4)cc3)ccc2o1. The van der Waals surface area contributed by atoms with Gasteiger partial charge in [0.2, 0.25) is 10.0 Å². The Morgan fingerprint density at radius 1 is 1.00 bits per heavy atom. The molecule has 1 saturated heterocycles. The van der Waals surface area contributed by atoms with Crippen molar-refractivity contribution in [1.29, 1.82) is 0 Å². The summed E-state index contributed by atoms with van der Waals surface area (Å²) in [5, 5.41) is 9.03. The summed E-state index contributed by atoms with van der Waals surface area (Å²) in [6.07, 6.45) is -3.21. The molecule has 0 spiro atoms. The van der Waals surface area contributed by atoms with Crippen LogP contribution in [0, 0.1) is 5.92 Å². The summed E-state index contributed by atoms with van der Waals surface area (Å²) in [4.78, 5) is 11.6. The van der Waals surface area contributed by atoms with E-state index < -0.39 is 27.4 Å². The maximum Gasteiger partial charge on any atom is 0.417 e. The van der Waals surface area contributed by atoms with E-state index in [1.54, 1.807) is 18.2 Å². The van der Waals surface area contributed by atoms with Gasteiger partial charge in [-0.25, -0.2) is 13.2 Å². The van der Waals surface area contributed by atoms with Crippen molar-refractivity contribution in [2.75, 3.05) is 19.7 Å². The first-order chi connectivity index (χ1) is 15.6. The third-order valence-electron chi connectivity index (χ3n) is 5.91. The molecule has 0 saturated carbocycles. The van der Waals surface area contributed by atoms with E-state index in [0.717, 1.165) is 5.56 Å². The molecule has 176 valence electrons. The number of halogens is 3. The lowest BCUT2D eigenvalue weighted by molar-refractivity contribution is -0.136. The number of hydrogen-bond acceptors (Lipinski definition) is 5. The average molecular weight is 481 g/mol. The maximum absolute atomic E-state index is 13.4. The molecule has 0 unspecified atom stereocenters. The van der Waals surface area contributed by atoms with Crippen LogP contribution in [0.2, 0.25) is 0 Å². The van der Waals surface area contributed by atoms with Crippen LogP contribution in [0.5, 0.6) is 0 Å². The van der Waals surface area contributed by atoms with Crippen LogP contribution in [-0.2, 0) is 22.6 Å². The van der Waals surface area contributed by atoms with Crippen LogP contribution in [0.25, 0.3) is 11.0 Å². The van der Waals surface area contributed by atoms with E-state index in [1.807, 2.05) is 0 Å². The summed E-state index contributed by atoms with van der Waals surface area (Å²) in [5.74, 6) is 0.117. The highest BCUT2D eigenvalue weighted by Crippen LogP contribution is 2.34. The molecular formula is C23H22F3NO5S. The Morgan fingerprint density at radius 2 is 1.64 bits per heavy atom. The van der Waals surface area contributed by atoms with Crippen molar-refractivity contribution in [3.8, 4) is 0 Å². The Kier molecular flexibility index (Phi) is 6.35. The van der Waals surface area contributed by atoms with Gasteiger partial charge in [0.25, 0.3) is 0 Å². The molecular weight excluding hydrogens is 459 g/mol. The lowest BCUT2D eigenvalue weighted by Gasteiger charge is -2.30. The van der Waals surface area contributed by atoms with Crippen molar-refractivity contribution in [2.45, 2.75) is 30.3 Å². The molecule has 0 atom stereocenters. The molecule has 1 aliphatic heterocycles. The zero-order valence-corrected chi connectivity index (χ0v) is 18.3. The molecule has 4 rings (SSSR count). The lowest BCUT2D eigenvalue weighted by atomic mass is 10.00. The third-order valence-corrected chi connectivity index (χ3v) is 7.83. The number of fused-ring (bicyclic) bond motifs is 1. The molecule has 6 nitrogen and oxygen atoms in total. The lowest BCUT2D eigenvalue weighted by Crippen LogP contribution is -2.39. The molecule has 1 aliphatic rings. The summed E-state index contributed by atoms with van der Waals surface area (Å²) in [6.45, 7) is 0.752. The number of aliphatic hydroxyl groups is 1. The van der Waals surface area contributed by atoms with Gasteiger partial charge >= 0.3 is 11.8 Å². The van der Waals surface area contributed by atoms with Crippen molar-refractivity contribution in [1.82, 2.24) is 4.31 Å². The Labute approximate surface area is 188 Å². The van der Waals surface area contributed by atoms with Gasteiger partial charge in [-0.15, -0.1) is 0 Å². The number of nitrogens with zero attached hydrogens (tertiary/aromatic N) is 1. The molecule has 1 N–H and O–H groups in total. The fraction of sp³-hybridized carbons (Fsp3) is 0.348. The van der Waals surface area contributed by atoms with Crippen LogP contribution in [0.15, 0.2) is 62.6 Å². The second-order valence-electron chi connectivity index (χ2n) is 8.16. The molecule has 0 aliphatic carbocycles. The van der Waals surface area contributed by atoms with E-state index in [0.29, 0.717) is 37.6 Å². The fourth-order valence-electron chi connectivity index (χ4n) is 4.05. The zero-order valence-electron chi connectivity index (χ0n) is 17.5. The van der Waals surface area contributed by atoms with E-state index >= 15 is 0 Å². The predicted molar refractivity (Wildman–Crippen MR) is 115 cm³/mol. The van der Waals surface area contributed by atoms with E-state index in [-0.39, 0.29) is 34.8 Å². The molecule has 1 fully saturated rings. The Balaban J connectivity index is 1.56. The van der Waals surface area contributed by atoms with Crippen LogP contribution in [0.1, 0.15) is 29.5 Å². The summed E-state index contributed by atoms with van der Waals surface area (Å²) < 4.78 is 72.1. The first-order valence-electron chi connectivity index (χ1n) is 10.4. The predicted octanol–water partition coefficient (Wildman–Crippen LogP) is 3.80. The minimum absolute atomic E-state index is 0.0496. The second kappa shape index (κ2) is 8.92. The molecule has 0 radical (unpaired) electrons. The summed E-state index contributed by atoms with van der Waals surface area (Å²) in [6, 6.07) is 10.9. The van der Waals surface area contributed by atoms with Crippen molar-refractivity contribution in [3.05, 3.63) is 75.6 Å². The van der Waals surface area contributed by atoms with Crippen LogP contribution < -0.4 is 5.63 Å². The third kappa shape index (κ3) is 4.97. The fourth-order valence-corrected chi connectivity index (χ4v) is 5.52. The summed E-state index contributed by atoms with van der Waals surface area (Å²) in [5.41, 5.74) is -0.992. The van der Waals surface area contributed by atoms with Crippen molar-refractivity contribution in [3.63, 3.8) is 0 Å². The second-order valence-corrected chi connectivity index (χ2v) is 10.1.